The number of carbonyl (C=O) groups excluding carboxylic acids is 1. The lowest BCUT2D eigenvalue weighted by atomic mass is 10.0. The van der Waals surface area contributed by atoms with Crippen LogP contribution in [0, 0.1) is 0 Å². The van der Waals surface area contributed by atoms with E-state index < -0.39 is 17.8 Å². The molecular formula is C24H26Cl2N6O4. The second-order valence-corrected chi connectivity index (χ2v) is 9.56. The molecule has 190 valence electrons. The van der Waals surface area contributed by atoms with E-state index in [0.717, 1.165) is 16.7 Å². The number of amides is 2. The van der Waals surface area contributed by atoms with Crippen LogP contribution in [0.2, 0.25) is 10.3 Å². The molecule has 0 fully saturated rings. The van der Waals surface area contributed by atoms with Gasteiger partial charge < -0.3 is 15.2 Å². The Bertz CT molecular complexity index is 1250. The molecule has 10 nitrogen and oxygen atoms in total. The highest BCUT2D eigenvalue weighted by Crippen LogP contribution is 2.24. The van der Waals surface area contributed by atoms with Gasteiger partial charge in [-0.1, -0.05) is 23.7 Å². The molecule has 0 saturated heterocycles. The van der Waals surface area contributed by atoms with Crippen molar-refractivity contribution < 1.29 is 19.4 Å². The summed E-state index contributed by atoms with van der Waals surface area (Å²) in [6, 6.07) is 7.32. The van der Waals surface area contributed by atoms with E-state index in [4.69, 9.17) is 33.0 Å². The second-order valence-electron chi connectivity index (χ2n) is 8.82. The van der Waals surface area contributed by atoms with Gasteiger partial charge in [-0.3, -0.25) is 15.6 Å². The van der Waals surface area contributed by atoms with Gasteiger partial charge in [-0.15, -0.1) is 0 Å². The Morgan fingerprint density at radius 3 is 2.53 bits per heavy atom. The van der Waals surface area contributed by atoms with Crippen LogP contribution in [0.15, 0.2) is 42.9 Å². The maximum Gasteiger partial charge on any atom is 0.412 e. The average molecular weight is 533 g/mol. The molecule has 0 bridgehead atoms. The second kappa shape index (κ2) is 11.9. The molecule has 0 aliphatic carbocycles. The monoisotopic (exact) mass is 532 g/mol. The zero-order valence-electron chi connectivity index (χ0n) is 19.9. The van der Waals surface area contributed by atoms with Crippen molar-refractivity contribution in [3.05, 3.63) is 69.9 Å². The third-order valence-corrected chi connectivity index (χ3v) is 5.17. The Balaban J connectivity index is 1.80. The zero-order valence-corrected chi connectivity index (χ0v) is 21.4. The Labute approximate surface area is 218 Å². The molecule has 0 aliphatic heterocycles. The third-order valence-electron chi connectivity index (χ3n) is 4.71. The molecule has 0 aliphatic rings. The molecule has 0 saturated carbocycles. The molecule has 3 aromatic rings. The van der Waals surface area contributed by atoms with Crippen molar-refractivity contribution in [2.45, 2.75) is 45.8 Å². The molecule has 12 heteroatoms. The van der Waals surface area contributed by atoms with Crippen molar-refractivity contribution in [2.24, 2.45) is 0 Å². The SMILES string of the molecule is CC(C)(C)OC(=O)Nc1ccc(CNc2nc(Cl)ncc2Cl)cc1CCc1cncc(NC(=O)O)c1. The van der Waals surface area contributed by atoms with Gasteiger partial charge in [0.2, 0.25) is 5.28 Å². The van der Waals surface area contributed by atoms with Gasteiger partial charge in [0.25, 0.3) is 0 Å². The minimum Gasteiger partial charge on any atom is -0.465 e. The highest BCUT2D eigenvalue weighted by atomic mass is 35.5. The van der Waals surface area contributed by atoms with Crippen LogP contribution in [0.4, 0.5) is 26.8 Å². The summed E-state index contributed by atoms with van der Waals surface area (Å²) in [5, 5.41) is 17.6. The van der Waals surface area contributed by atoms with E-state index >= 15 is 0 Å². The number of nitrogens with zero attached hydrogens (tertiary/aromatic N) is 3. The Hall–Kier alpha value is -3.63. The van der Waals surface area contributed by atoms with E-state index in [1.165, 1.54) is 12.4 Å². The quantitative estimate of drug-likeness (QED) is 0.258. The van der Waals surface area contributed by atoms with E-state index in [9.17, 15) is 9.59 Å². The van der Waals surface area contributed by atoms with Gasteiger partial charge in [0.15, 0.2) is 0 Å². The summed E-state index contributed by atoms with van der Waals surface area (Å²) in [5.74, 6) is 0.406. The Morgan fingerprint density at radius 1 is 1.03 bits per heavy atom. The minimum absolute atomic E-state index is 0.0766. The number of benzene rings is 1. The number of rotatable bonds is 8. The first-order valence-electron chi connectivity index (χ1n) is 11.0. The van der Waals surface area contributed by atoms with E-state index in [2.05, 4.69) is 30.9 Å². The Morgan fingerprint density at radius 2 is 1.81 bits per heavy atom. The fraction of sp³-hybridized carbons (Fsp3) is 0.292. The molecule has 1 aromatic carbocycles. The first-order chi connectivity index (χ1) is 17.0. The zero-order chi connectivity index (χ0) is 26.3. The van der Waals surface area contributed by atoms with Crippen molar-refractivity contribution in [2.75, 3.05) is 16.0 Å². The molecule has 2 heterocycles. The van der Waals surface area contributed by atoms with Crippen molar-refractivity contribution in [1.29, 1.82) is 0 Å². The van der Waals surface area contributed by atoms with Crippen LogP contribution >= 0.6 is 23.2 Å². The fourth-order valence-corrected chi connectivity index (χ4v) is 3.54. The average Bonchev–Trinajstić information content (AvgIpc) is 2.78. The summed E-state index contributed by atoms with van der Waals surface area (Å²) in [5.41, 5.74) is 2.92. The normalized spacial score (nSPS) is 11.0. The first-order valence-corrected chi connectivity index (χ1v) is 11.7. The van der Waals surface area contributed by atoms with Crippen LogP contribution in [0.3, 0.4) is 0 Å². The minimum atomic E-state index is -1.16. The number of anilines is 3. The lowest BCUT2D eigenvalue weighted by Crippen LogP contribution is -2.27. The van der Waals surface area contributed by atoms with Crippen molar-refractivity contribution in [3.8, 4) is 0 Å². The number of carbonyl (C=O) groups is 2. The van der Waals surface area contributed by atoms with Gasteiger partial charge in [-0.05, 0) is 74.0 Å². The molecule has 36 heavy (non-hydrogen) atoms. The molecule has 2 aromatic heterocycles. The van der Waals surface area contributed by atoms with Crippen LogP contribution in [-0.4, -0.2) is 37.8 Å². The van der Waals surface area contributed by atoms with Crippen LogP contribution in [0.25, 0.3) is 0 Å². The summed E-state index contributed by atoms with van der Waals surface area (Å²) >= 11 is 12.0. The predicted octanol–water partition coefficient (Wildman–Crippen LogP) is 6.01. The number of nitrogens with one attached hydrogen (secondary N) is 3. The maximum absolute atomic E-state index is 12.4. The van der Waals surface area contributed by atoms with Gasteiger partial charge in [0, 0.05) is 18.4 Å². The lowest BCUT2D eigenvalue weighted by Gasteiger charge is -2.21. The number of pyridine rings is 1. The van der Waals surface area contributed by atoms with Crippen molar-refractivity contribution in [1.82, 2.24) is 15.0 Å². The summed E-state index contributed by atoms with van der Waals surface area (Å²) < 4.78 is 5.39. The van der Waals surface area contributed by atoms with E-state index in [1.54, 1.807) is 39.1 Å². The van der Waals surface area contributed by atoms with Gasteiger partial charge >= 0.3 is 12.2 Å². The number of aromatic nitrogens is 3. The molecular weight excluding hydrogens is 507 g/mol. The van der Waals surface area contributed by atoms with Gasteiger partial charge in [0.05, 0.1) is 18.1 Å². The third kappa shape index (κ3) is 8.54. The van der Waals surface area contributed by atoms with Crippen molar-refractivity contribution in [3.63, 3.8) is 0 Å². The molecule has 2 amide bonds. The largest absolute Gasteiger partial charge is 0.465 e. The van der Waals surface area contributed by atoms with Crippen LogP contribution in [-0.2, 0) is 24.1 Å². The van der Waals surface area contributed by atoms with Gasteiger partial charge in [-0.25, -0.2) is 14.6 Å². The summed E-state index contributed by atoms with van der Waals surface area (Å²) in [6.45, 7) is 5.76. The summed E-state index contributed by atoms with van der Waals surface area (Å²) in [6.07, 6.45) is 3.88. The fourth-order valence-electron chi connectivity index (χ4n) is 3.25. The summed E-state index contributed by atoms with van der Waals surface area (Å²) in [4.78, 5) is 35.4. The standard InChI is InChI=1S/C24H26Cl2N6O4/c1-24(2,3)36-23(35)31-19-7-5-14(11-28-20-18(25)13-29-21(26)32-20)8-16(19)6-4-15-9-17(12-27-10-15)30-22(33)34/h5,7-10,12-13,30H,4,6,11H2,1-3H3,(H,31,35)(H,33,34)(H,28,29,32). The van der Waals surface area contributed by atoms with E-state index in [0.29, 0.717) is 41.6 Å². The molecule has 0 spiro atoms. The maximum atomic E-state index is 12.4. The smallest absolute Gasteiger partial charge is 0.412 e. The first kappa shape index (κ1) is 27.0. The van der Waals surface area contributed by atoms with Crippen LogP contribution < -0.4 is 16.0 Å². The van der Waals surface area contributed by atoms with Crippen LogP contribution in [0.1, 0.15) is 37.5 Å². The number of hydrogen-bond acceptors (Lipinski definition) is 7. The van der Waals surface area contributed by atoms with Crippen molar-refractivity contribution >= 4 is 52.6 Å². The van der Waals surface area contributed by atoms with E-state index in [1.807, 2.05) is 12.1 Å². The Kier molecular flexibility index (Phi) is 8.89. The van der Waals surface area contributed by atoms with E-state index in [-0.39, 0.29) is 5.28 Å². The number of ether oxygens (including phenoxy) is 1. The lowest BCUT2D eigenvalue weighted by molar-refractivity contribution is 0.0635. The molecule has 3 rings (SSSR count). The van der Waals surface area contributed by atoms with Gasteiger partial charge in [-0.2, -0.15) is 4.98 Å². The number of carboxylic acid groups (broad SMARTS) is 1. The highest BCUT2D eigenvalue weighted by molar-refractivity contribution is 6.33. The number of aryl methyl sites for hydroxylation is 2. The summed E-state index contributed by atoms with van der Waals surface area (Å²) in [7, 11) is 0. The van der Waals surface area contributed by atoms with Gasteiger partial charge in [0.1, 0.15) is 16.4 Å². The predicted molar refractivity (Wildman–Crippen MR) is 139 cm³/mol. The molecule has 0 radical (unpaired) electrons. The van der Waals surface area contributed by atoms with Crippen LogP contribution in [0.5, 0.6) is 0 Å². The number of halogens is 2. The topological polar surface area (TPSA) is 138 Å². The molecule has 0 unspecified atom stereocenters. The highest BCUT2D eigenvalue weighted by Gasteiger charge is 2.17. The molecule has 4 N–H and O–H groups in total. The molecule has 0 atom stereocenters. The number of hydrogen-bond donors (Lipinski definition) is 4.